The molecule has 0 aromatic heterocycles. The smallest absolute Gasteiger partial charge is 0.302 e. The Morgan fingerprint density at radius 2 is 1.96 bits per heavy atom. The summed E-state index contributed by atoms with van der Waals surface area (Å²) in [5.74, 6) is -0.138. The van der Waals surface area contributed by atoms with Gasteiger partial charge in [0.05, 0.1) is 5.57 Å². The van der Waals surface area contributed by atoms with Crippen LogP contribution in [0.1, 0.15) is 60.3 Å². The fourth-order valence-corrected chi connectivity index (χ4v) is 5.80. The summed E-state index contributed by atoms with van der Waals surface area (Å²) in [6.45, 7) is 9.74. The molecule has 3 aliphatic carbocycles. The second-order valence-corrected chi connectivity index (χ2v) is 8.81. The summed E-state index contributed by atoms with van der Waals surface area (Å²) in [7, 11) is 0. The third kappa shape index (κ3) is 2.39. The topological polar surface area (TPSA) is 67.2 Å². The van der Waals surface area contributed by atoms with E-state index in [9.17, 15) is 14.9 Å². The minimum Gasteiger partial charge on any atom is -0.462 e. The van der Waals surface area contributed by atoms with E-state index in [0.717, 1.165) is 25.7 Å². The number of ether oxygens (including phenoxy) is 1. The van der Waals surface area contributed by atoms with Gasteiger partial charge in [0.25, 0.3) is 0 Å². The van der Waals surface area contributed by atoms with E-state index < -0.39 is 5.41 Å². The molecule has 3 aliphatic rings. The molecule has 0 spiro atoms. The summed E-state index contributed by atoms with van der Waals surface area (Å²) in [5.41, 5.74) is 0.354. The van der Waals surface area contributed by atoms with Crippen LogP contribution in [0.15, 0.2) is 23.3 Å². The number of hydrogen-bond donors (Lipinski definition) is 0. The summed E-state index contributed by atoms with van der Waals surface area (Å²) in [5, 5.41) is 9.50. The van der Waals surface area contributed by atoms with Gasteiger partial charge in [0.1, 0.15) is 12.2 Å². The Morgan fingerprint density at radius 3 is 2.56 bits per heavy atom. The molecule has 0 amide bonds. The molecule has 4 heteroatoms. The van der Waals surface area contributed by atoms with Crippen LogP contribution in [0.2, 0.25) is 0 Å². The van der Waals surface area contributed by atoms with E-state index in [1.54, 1.807) is 0 Å². The van der Waals surface area contributed by atoms with Crippen LogP contribution >= 0.6 is 0 Å². The average Bonchev–Trinajstić information content (AvgIpc) is 2.52. The van der Waals surface area contributed by atoms with Crippen LogP contribution in [0.25, 0.3) is 0 Å². The van der Waals surface area contributed by atoms with Crippen molar-refractivity contribution in [1.82, 2.24) is 0 Å². The highest BCUT2D eigenvalue weighted by Crippen LogP contribution is 2.64. The number of carbonyl (C=O) groups excluding carboxylic acids is 2. The Kier molecular flexibility index (Phi) is 3.98. The predicted molar refractivity (Wildman–Crippen MR) is 94.3 cm³/mol. The normalized spacial score (nSPS) is 39.3. The summed E-state index contributed by atoms with van der Waals surface area (Å²) < 4.78 is 5.68. The SMILES string of the molecule is CC(=O)O[C@@H]1CCC=C2[C@@]3(C)C=C(C#N)C(=O)C(C)(C)[C@@H]3CC[C@]21C. The minimum absolute atomic E-state index is 0.0472. The van der Waals surface area contributed by atoms with Gasteiger partial charge in [-0.3, -0.25) is 9.59 Å². The molecule has 0 heterocycles. The summed E-state index contributed by atoms with van der Waals surface area (Å²) in [6, 6.07) is 2.12. The second-order valence-electron chi connectivity index (χ2n) is 8.81. The first-order chi connectivity index (χ1) is 11.6. The van der Waals surface area contributed by atoms with Crippen LogP contribution in [-0.4, -0.2) is 17.9 Å². The van der Waals surface area contributed by atoms with Crippen LogP contribution in [-0.2, 0) is 14.3 Å². The van der Waals surface area contributed by atoms with Gasteiger partial charge in [-0.2, -0.15) is 5.26 Å². The van der Waals surface area contributed by atoms with E-state index in [2.05, 4.69) is 26.0 Å². The Balaban J connectivity index is 2.15. The number of hydrogen-bond acceptors (Lipinski definition) is 4. The van der Waals surface area contributed by atoms with Crippen LogP contribution < -0.4 is 0 Å². The van der Waals surface area contributed by atoms with Crippen molar-refractivity contribution in [3.63, 3.8) is 0 Å². The van der Waals surface area contributed by atoms with Crippen molar-refractivity contribution in [1.29, 1.82) is 5.26 Å². The zero-order chi connectivity index (χ0) is 18.6. The van der Waals surface area contributed by atoms with Gasteiger partial charge >= 0.3 is 5.97 Å². The third-order valence-corrected chi connectivity index (χ3v) is 6.93. The van der Waals surface area contributed by atoms with E-state index in [4.69, 9.17) is 4.74 Å². The summed E-state index contributed by atoms with van der Waals surface area (Å²) in [4.78, 5) is 24.3. The molecule has 0 N–H and O–H groups in total. The van der Waals surface area contributed by atoms with Crippen molar-refractivity contribution in [3.8, 4) is 6.07 Å². The largest absolute Gasteiger partial charge is 0.462 e. The van der Waals surface area contributed by atoms with Gasteiger partial charge in [0.2, 0.25) is 0 Å². The molecule has 25 heavy (non-hydrogen) atoms. The highest BCUT2D eigenvalue weighted by atomic mass is 16.5. The van der Waals surface area contributed by atoms with E-state index in [0.29, 0.717) is 0 Å². The Hall–Kier alpha value is -1.89. The number of nitriles is 1. The van der Waals surface area contributed by atoms with E-state index in [1.807, 2.05) is 19.9 Å². The number of rotatable bonds is 1. The molecule has 0 aromatic carbocycles. The van der Waals surface area contributed by atoms with Crippen molar-refractivity contribution in [2.24, 2.45) is 22.2 Å². The van der Waals surface area contributed by atoms with E-state index >= 15 is 0 Å². The predicted octanol–water partition coefficient (Wildman–Crippen LogP) is 4.12. The van der Waals surface area contributed by atoms with Gasteiger partial charge in [-0.1, -0.05) is 45.4 Å². The lowest BCUT2D eigenvalue weighted by Crippen LogP contribution is -2.56. The maximum atomic E-state index is 12.7. The first kappa shape index (κ1) is 17.9. The molecule has 0 saturated heterocycles. The molecular formula is C21H27NO3. The zero-order valence-electron chi connectivity index (χ0n) is 15.8. The lowest BCUT2D eigenvalue weighted by atomic mass is 9.44. The number of fused-ring (bicyclic) bond motifs is 3. The Labute approximate surface area is 149 Å². The fourth-order valence-electron chi connectivity index (χ4n) is 5.80. The standard InChI is InChI=1S/C21H27NO3/c1-13(23)25-17-8-6-7-16-20(17,4)10-9-15-19(2,3)18(24)14(12-22)11-21(15,16)5/h7,11,15,17H,6,8-10H2,1-5H3/t15-,17+,20+,21-/m0/s1. The van der Waals surface area contributed by atoms with Crippen LogP contribution in [0.5, 0.6) is 0 Å². The Bertz CT molecular complexity index is 739. The van der Waals surface area contributed by atoms with E-state index in [-0.39, 0.29) is 40.2 Å². The van der Waals surface area contributed by atoms with Gasteiger partial charge in [-0.15, -0.1) is 0 Å². The molecule has 3 rings (SSSR count). The average molecular weight is 341 g/mol. The molecule has 0 aliphatic heterocycles. The quantitative estimate of drug-likeness (QED) is 0.531. The molecular weight excluding hydrogens is 314 g/mol. The molecule has 0 unspecified atom stereocenters. The van der Waals surface area contributed by atoms with Gasteiger partial charge < -0.3 is 4.74 Å². The van der Waals surface area contributed by atoms with Crippen LogP contribution in [0.4, 0.5) is 0 Å². The molecule has 4 nitrogen and oxygen atoms in total. The number of carbonyl (C=O) groups is 2. The first-order valence-electron chi connectivity index (χ1n) is 9.13. The van der Waals surface area contributed by atoms with Gasteiger partial charge in [0.15, 0.2) is 5.78 Å². The van der Waals surface area contributed by atoms with Gasteiger partial charge in [-0.05, 0) is 31.6 Å². The van der Waals surface area contributed by atoms with Gasteiger partial charge in [-0.25, -0.2) is 0 Å². The van der Waals surface area contributed by atoms with Crippen molar-refractivity contribution >= 4 is 11.8 Å². The number of Topliss-reactive ketones (excluding diaryl/α,β-unsaturated/α-hetero) is 1. The first-order valence-corrected chi connectivity index (χ1v) is 9.13. The monoisotopic (exact) mass is 341 g/mol. The molecule has 0 aromatic rings. The van der Waals surface area contributed by atoms with Crippen LogP contribution in [0, 0.1) is 33.5 Å². The summed E-state index contributed by atoms with van der Waals surface area (Å²) >= 11 is 0. The summed E-state index contributed by atoms with van der Waals surface area (Å²) in [6.07, 6.45) is 7.49. The highest BCUT2D eigenvalue weighted by Gasteiger charge is 2.60. The maximum Gasteiger partial charge on any atom is 0.302 e. The number of ketones is 1. The number of nitrogens with zero attached hydrogens (tertiary/aromatic N) is 1. The molecule has 1 fully saturated rings. The number of allylic oxidation sites excluding steroid dienone is 3. The van der Waals surface area contributed by atoms with Gasteiger partial charge in [0, 0.05) is 23.2 Å². The second kappa shape index (κ2) is 5.56. The third-order valence-electron chi connectivity index (χ3n) is 6.93. The van der Waals surface area contributed by atoms with Crippen molar-refractivity contribution in [2.75, 3.05) is 0 Å². The lowest BCUT2D eigenvalue weighted by Gasteiger charge is -2.59. The highest BCUT2D eigenvalue weighted by molar-refractivity contribution is 6.04. The minimum atomic E-state index is -0.564. The van der Waals surface area contributed by atoms with Crippen LogP contribution in [0.3, 0.4) is 0 Å². The van der Waals surface area contributed by atoms with Crippen molar-refractivity contribution < 1.29 is 14.3 Å². The molecule has 1 saturated carbocycles. The lowest BCUT2D eigenvalue weighted by molar-refractivity contribution is -0.156. The molecule has 4 atom stereocenters. The van der Waals surface area contributed by atoms with E-state index in [1.165, 1.54) is 12.5 Å². The van der Waals surface area contributed by atoms with Crippen molar-refractivity contribution in [3.05, 3.63) is 23.3 Å². The molecule has 0 bridgehead atoms. The molecule has 134 valence electrons. The number of esters is 1. The maximum absolute atomic E-state index is 12.7. The Morgan fingerprint density at radius 1 is 1.28 bits per heavy atom. The molecule has 0 radical (unpaired) electrons. The van der Waals surface area contributed by atoms with Crippen molar-refractivity contribution in [2.45, 2.75) is 66.4 Å². The zero-order valence-corrected chi connectivity index (χ0v) is 15.8. The fraction of sp³-hybridized carbons (Fsp3) is 0.667.